The van der Waals surface area contributed by atoms with Gasteiger partial charge < -0.3 is 15.4 Å². The zero-order chi connectivity index (χ0) is 15.0. The van der Waals surface area contributed by atoms with Crippen molar-refractivity contribution in [2.45, 2.75) is 34.1 Å². The van der Waals surface area contributed by atoms with Gasteiger partial charge in [-0.25, -0.2) is 4.79 Å². The van der Waals surface area contributed by atoms with Gasteiger partial charge in [-0.3, -0.25) is 0 Å². The molecule has 0 atom stereocenters. The molecule has 0 aliphatic heterocycles. The molecule has 1 aromatic carbocycles. The number of urea groups is 1. The van der Waals surface area contributed by atoms with Crippen LogP contribution in [0.2, 0.25) is 0 Å². The standard InChI is InChI=1S/C16H26N2O2/c1-12(2)8-9-17-16(19)18-10-11-20-15-13(3)6-5-7-14(15)4/h5-7,12H,8-11H2,1-4H3,(H2,17,18,19). The second-order valence-electron chi connectivity index (χ2n) is 5.43. The van der Waals surface area contributed by atoms with Crippen LogP contribution in [0.4, 0.5) is 4.79 Å². The molecule has 0 saturated heterocycles. The summed E-state index contributed by atoms with van der Waals surface area (Å²) in [7, 11) is 0. The zero-order valence-electron chi connectivity index (χ0n) is 13.0. The molecule has 20 heavy (non-hydrogen) atoms. The molecule has 1 rings (SSSR count). The van der Waals surface area contributed by atoms with Crippen LogP contribution >= 0.6 is 0 Å². The molecule has 0 aliphatic carbocycles. The van der Waals surface area contributed by atoms with Gasteiger partial charge in [0, 0.05) is 6.54 Å². The predicted octanol–water partition coefficient (Wildman–Crippen LogP) is 3.03. The van der Waals surface area contributed by atoms with Crippen molar-refractivity contribution in [3.8, 4) is 5.75 Å². The Morgan fingerprint density at radius 2 is 1.75 bits per heavy atom. The number of nitrogens with one attached hydrogen (secondary N) is 2. The number of carbonyl (C=O) groups is 1. The number of hydrogen-bond acceptors (Lipinski definition) is 2. The first kappa shape index (κ1) is 16.3. The molecule has 0 saturated carbocycles. The maximum Gasteiger partial charge on any atom is 0.314 e. The molecule has 1 aromatic rings. The van der Waals surface area contributed by atoms with E-state index in [1.165, 1.54) is 0 Å². The van der Waals surface area contributed by atoms with Crippen LogP contribution in [0, 0.1) is 19.8 Å². The number of carbonyl (C=O) groups excluding carboxylic acids is 1. The summed E-state index contributed by atoms with van der Waals surface area (Å²) < 4.78 is 5.72. The Hall–Kier alpha value is -1.71. The first-order valence-electron chi connectivity index (χ1n) is 7.21. The number of rotatable bonds is 7. The molecule has 0 aromatic heterocycles. The van der Waals surface area contributed by atoms with Crippen molar-refractivity contribution < 1.29 is 9.53 Å². The summed E-state index contributed by atoms with van der Waals surface area (Å²) in [6.45, 7) is 10.0. The molecular weight excluding hydrogens is 252 g/mol. The van der Waals surface area contributed by atoms with E-state index in [-0.39, 0.29) is 6.03 Å². The lowest BCUT2D eigenvalue weighted by molar-refractivity contribution is 0.235. The van der Waals surface area contributed by atoms with Gasteiger partial charge in [-0.1, -0.05) is 32.0 Å². The number of ether oxygens (including phenoxy) is 1. The molecule has 0 fully saturated rings. The Kier molecular flexibility index (Phi) is 6.91. The summed E-state index contributed by atoms with van der Waals surface area (Å²) in [5.41, 5.74) is 2.23. The fourth-order valence-corrected chi connectivity index (χ4v) is 1.88. The second kappa shape index (κ2) is 8.46. The fourth-order valence-electron chi connectivity index (χ4n) is 1.88. The minimum Gasteiger partial charge on any atom is -0.491 e. The van der Waals surface area contributed by atoms with Crippen molar-refractivity contribution in [3.63, 3.8) is 0 Å². The minimum absolute atomic E-state index is 0.129. The molecule has 2 amide bonds. The van der Waals surface area contributed by atoms with Gasteiger partial charge in [-0.05, 0) is 37.3 Å². The quantitative estimate of drug-likeness (QED) is 0.753. The maximum atomic E-state index is 11.5. The van der Waals surface area contributed by atoms with E-state index in [4.69, 9.17) is 4.74 Å². The lowest BCUT2D eigenvalue weighted by Crippen LogP contribution is -2.38. The second-order valence-corrected chi connectivity index (χ2v) is 5.43. The average Bonchev–Trinajstić information content (AvgIpc) is 2.37. The lowest BCUT2D eigenvalue weighted by Gasteiger charge is -2.13. The molecule has 4 heteroatoms. The van der Waals surface area contributed by atoms with Crippen molar-refractivity contribution in [2.24, 2.45) is 5.92 Å². The molecule has 0 bridgehead atoms. The highest BCUT2D eigenvalue weighted by atomic mass is 16.5. The Balaban J connectivity index is 2.20. The van der Waals surface area contributed by atoms with Crippen molar-refractivity contribution in [1.29, 1.82) is 0 Å². The molecule has 4 nitrogen and oxygen atoms in total. The first-order valence-corrected chi connectivity index (χ1v) is 7.21. The van der Waals surface area contributed by atoms with Crippen LogP contribution in [0.1, 0.15) is 31.4 Å². The van der Waals surface area contributed by atoms with E-state index in [0.29, 0.717) is 25.6 Å². The van der Waals surface area contributed by atoms with Gasteiger partial charge in [0.15, 0.2) is 0 Å². The molecule has 0 radical (unpaired) electrons. The molecule has 0 unspecified atom stereocenters. The average molecular weight is 278 g/mol. The molecular formula is C16H26N2O2. The van der Waals surface area contributed by atoms with Crippen molar-refractivity contribution in [3.05, 3.63) is 29.3 Å². The van der Waals surface area contributed by atoms with Crippen LogP contribution in [0.15, 0.2) is 18.2 Å². The van der Waals surface area contributed by atoms with Crippen LogP contribution in [-0.4, -0.2) is 25.7 Å². The van der Waals surface area contributed by atoms with Crippen LogP contribution < -0.4 is 15.4 Å². The van der Waals surface area contributed by atoms with Crippen LogP contribution in [0.3, 0.4) is 0 Å². The van der Waals surface area contributed by atoms with Gasteiger partial charge in [0.05, 0.1) is 6.54 Å². The van der Waals surface area contributed by atoms with Crippen molar-refractivity contribution in [1.82, 2.24) is 10.6 Å². The highest BCUT2D eigenvalue weighted by Crippen LogP contribution is 2.21. The van der Waals surface area contributed by atoms with Gasteiger partial charge in [-0.15, -0.1) is 0 Å². The third-order valence-corrected chi connectivity index (χ3v) is 3.05. The van der Waals surface area contributed by atoms with Gasteiger partial charge in [0.2, 0.25) is 0 Å². The zero-order valence-corrected chi connectivity index (χ0v) is 13.0. The minimum atomic E-state index is -0.129. The van der Waals surface area contributed by atoms with Gasteiger partial charge in [0.25, 0.3) is 0 Å². The van der Waals surface area contributed by atoms with Crippen molar-refractivity contribution >= 4 is 6.03 Å². The Labute approximate surface area is 121 Å². The van der Waals surface area contributed by atoms with Crippen LogP contribution in [-0.2, 0) is 0 Å². The van der Waals surface area contributed by atoms with E-state index in [1.807, 2.05) is 32.0 Å². The Morgan fingerprint density at radius 1 is 1.15 bits per heavy atom. The number of benzene rings is 1. The fraction of sp³-hybridized carbons (Fsp3) is 0.562. The van der Waals surface area contributed by atoms with Gasteiger partial charge in [-0.2, -0.15) is 0 Å². The summed E-state index contributed by atoms with van der Waals surface area (Å²) in [4.78, 5) is 11.5. The number of aryl methyl sites for hydroxylation is 2. The summed E-state index contributed by atoms with van der Waals surface area (Å²) >= 11 is 0. The largest absolute Gasteiger partial charge is 0.491 e. The third kappa shape index (κ3) is 5.95. The van der Waals surface area contributed by atoms with Crippen molar-refractivity contribution in [2.75, 3.05) is 19.7 Å². The smallest absolute Gasteiger partial charge is 0.314 e. The van der Waals surface area contributed by atoms with Crippen LogP contribution in [0.25, 0.3) is 0 Å². The van der Waals surface area contributed by atoms with E-state index >= 15 is 0 Å². The maximum absolute atomic E-state index is 11.5. The lowest BCUT2D eigenvalue weighted by atomic mass is 10.1. The van der Waals surface area contributed by atoms with E-state index < -0.39 is 0 Å². The summed E-state index contributed by atoms with van der Waals surface area (Å²) in [5, 5.41) is 5.62. The topological polar surface area (TPSA) is 50.4 Å². The Morgan fingerprint density at radius 3 is 2.35 bits per heavy atom. The number of hydrogen-bond donors (Lipinski definition) is 2. The molecule has 0 heterocycles. The molecule has 112 valence electrons. The molecule has 0 spiro atoms. The number of amides is 2. The Bertz CT molecular complexity index is 410. The van der Waals surface area contributed by atoms with E-state index in [2.05, 4.69) is 24.5 Å². The summed E-state index contributed by atoms with van der Waals surface area (Å²) in [6.07, 6.45) is 0.992. The van der Waals surface area contributed by atoms with Crippen LogP contribution in [0.5, 0.6) is 5.75 Å². The normalized spacial score (nSPS) is 10.4. The van der Waals surface area contributed by atoms with E-state index in [0.717, 1.165) is 23.3 Å². The SMILES string of the molecule is Cc1cccc(C)c1OCCNC(=O)NCCC(C)C. The third-order valence-electron chi connectivity index (χ3n) is 3.05. The highest BCUT2D eigenvalue weighted by molar-refractivity contribution is 5.73. The van der Waals surface area contributed by atoms with E-state index in [9.17, 15) is 4.79 Å². The predicted molar refractivity (Wildman–Crippen MR) is 82.3 cm³/mol. The van der Waals surface area contributed by atoms with Gasteiger partial charge in [0.1, 0.15) is 12.4 Å². The number of para-hydroxylation sites is 1. The summed E-state index contributed by atoms with van der Waals surface area (Å²) in [6, 6.07) is 5.93. The molecule has 0 aliphatic rings. The summed E-state index contributed by atoms with van der Waals surface area (Å²) in [5.74, 6) is 1.51. The van der Waals surface area contributed by atoms with E-state index in [1.54, 1.807) is 0 Å². The highest BCUT2D eigenvalue weighted by Gasteiger charge is 2.04. The monoisotopic (exact) mass is 278 g/mol. The first-order chi connectivity index (χ1) is 9.50. The van der Waals surface area contributed by atoms with Gasteiger partial charge >= 0.3 is 6.03 Å². The molecule has 2 N–H and O–H groups in total.